The fourth-order valence-corrected chi connectivity index (χ4v) is 3.43. The third kappa shape index (κ3) is 3.46. The fraction of sp³-hybridized carbons (Fsp3) is 0.667. The van der Waals surface area contributed by atoms with Crippen molar-refractivity contribution in [1.82, 2.24) is 9.80 Å². The summed E-state index contributed by atoms with van der Waals surface area (Å²) in [6, 6.07) is 0. The predicted molar refractivity (Wildman–Crippen MR) is 72.5 cm³/mol. The lowest BCUT2D eigenvalue weighted by atomic mass is 9.85. The molecule has 2 atom stereocenters. The molecule has 2 heterocycles. The van der Waals surface area contributed by atoms with Gasteiger partial charge in [0.15, 0.2) is 0 Å². The number of aliphatic carboxylic acids is 2. The monoisotopic (exact) mass is 316 g/mol. The topological polar surface area (TPSA) is 115 Å². The van der Waals surface area contributed by atoms with Crippen LogP contribution in [-0.2, 0) is 19.2 Å². The molecule has 2 aliphatic rings. The van der Waals surface area contributed by atoms with Crippen molar-refractivity contribution in [3.63, 3.8) is 0 Å². The van der Waals surface area contributed by atoms with Crippen molar-refractivity contribution in [2.75, 3.05) is 31.3 Å². The van der Waals surface area contributed by atoms with Crippen LogP contribution in [0.2, 0.25) is 0 Å². The molecule has 0 aromatic heterocycles. The number of likely N-dealkylation sites (tertiary alicyclic amines) is 1. The van der Waals surface area contributed by atoms with E-state index < -0.39 is 23.8 Å². The molecule has 0 bridgehead atoms. The number of nitrogens with zero attached hydrogens (tertiary/aromatic N) is 2. The van der Waals surface area contributed by atoms with Crippen LogP contribution >= 0.6 is 11.8 Å². The number of hydrogen-bond acceptors (Lipinski definition) is 5. The smallest absolute Gasteiger partial charge is 0.309 e. The summed E-state index contributed by atoms with van der Waals surface area (Å²) < 4.78 is 0. The van der Waals surface area contributed by atoms with Gasteiger partial charge in [0, 0.05) is 13.1 Å². The average Bonchev–Trinajstić information content (AvgIpc) is 2.83. The molecule has 9 heteroatoms. The molecule has 0 spiro atoms. The summed E-state index contributed by atoms with van der Waals surface area (Å²) >= 11 is 1.42. The average molecular weight is 316 g/mol. The van der Waals surface area contributed by atoms with Crippen LogP contribution < -0.4 is 0 Å². The van der Waals surface area contributed by atoms with E-state index in [2.05, 4.69) is 0 Å². The summed E-state index contributed by atoms with van der Waals surface area (Å²) in [5, 5.41) is 18.1. The molecule has 2 aliphatic heterocycles. The Labute approximate surface area is 125 Å². The molecule has 2 saturated heterocycles. The molecule has 0 saturated carbocycles. The van der Waals surface area contributed by atoms with Crippen molar-refractivity contribution >= 4 is 35.5 Å². The maximum Gasteiger partial charge on any atom is 0.309 e. The zero-order chi connectivity index (χ0) is 15.6. The molecule has 21 heavy (non-hydrogen) atoms. The lowest BCUT2D eigenvalue weighted by Crippen LogP contribution is -2.51. The Bertz CT molecular complexity index is 482. The van der Waals surface area contributed by atoms with E-state index in [0.717, 1.165) is 0 Å². The Morgan fingerprint density at radius 2 is 1.86 bits per heavy atom. The van der Waals surface area contributed by atoms with Gasteiger partial charge in [-0.15, -0.1) is 11.8 Å². The first kappa shape index (κ1) is 15.6. The lowest BCUT2D eigenvalue weighted by Gasteiger charge is -2.35. The zero-order valence-corrected chi connectivity index (χ0v) is 12.0. The quantitative estimate of drug-likeness (QED) is 0.694. The third-order valence-corrected chi connectivity index (χ3v) is 4.70. The number of carbonyl (C=O) groups excluding carboxylic acids is 2. The van der Waals surface area contributed by atoms with Gasteiger partial charge in [0.1, 0.15) is 6.54 Å². The van der Waals surface area contributed by atoms with Gasteiger partial charge in [-0.1, -0.05) is 0 Å². The minimum Gasteiger partial charge on any atom is -0.481 e. The second-order valence-corrected chi connectivity index (χ2v) is 6.04. The normalized spacial score (nSPS) is 26.0. The maximum atomic E-state index is 12.1. The molecule has 0 aromatic carbocycles. The first-order valence-corrected chi connectivity index (χ1v) is 7.64. The molecule has 2 N–H and O–H groups in total. The summed E-state index contributed by atoms with van der Waals surface area (Å²) in [4.78, 5) is 48.6. The van der Waals surface area contributed by atoms with Gasteiger partial charge in [-0.05, 0) is 6.42 Å². The zero-order valence-electron chi connectivity index (χ0n) is 11.2. The first-order chi connectivity index (χ1) is 9.90. The highest BCUT2D eigenvalue weighted by Crippen LogP contribution is 2.25. The van der Waals surface area contributed by atoms with E-state index in [1.807, 2.05) is 0 Å². The van der Waals surface area contributed by atoms with Crippen molar-refractivity contribution in [2.45, 2.75) is 6.42 Å². The predicted octanol–water partition coefficient (Wildman–Crippen LogP) is -0.847. The van der Waals surface area contributed by atoms with Crippen molar-refractivity contribution < 1.29 is 29.4 Å². The highest BCUT2D eigenvalue weighted by atomic mass is 32.2. The molecule has 2 unspecified atom stereocenters. The number of piperidine rings is 1. The minimum absolute atomic E-state index is 0.0735. The Kier molecular flexibility index (Phi) is 4.71. The summed E-state index contributed by atoms with van der Waals surface area (Å²) in [6.45, 7) is 0.00493. The summed E-state index contributed by atoms with van der Waals surface area (Å²) in [7, 11) is 0. The molecule has 0 aromatic rings. The van der Waals surface area contributed by atoms with Crippen LogP contribution in [0.1, 0.15) is 6.42 Å². The van der Waals surface area contributed by atoms with Crippen LogP contribution in [0.25, 0.3) is 0 Å². The number of carboxylic acid groups (broad SMARTS) is 2. The van der Waals surface area contributed by atoms with E-state index in [0.29, 0.717) is 11.6 Å². The summed E-state index contributed by atoms with van der Waals surface area (Å²) in [5.74, 6) is -4.08. The van der Waals surface area contributed by atoms with Crippen LogP contribution in [0, 0.1) is 11.8 Å². The van der Waals surface area contributed by atoms with Crippen molar-refractivity contribution in [3.8, 4) is 0 Å². The van der Waals surface area contributed by atoms with E-state index in [-0.39, 0.29) is 37.9 Å². The molecule has 0 aliphatic carbocycles. The number of carboxylic acids is 2. The Balaban J connectivity index is 1.98. The molecular formula is C12H16N2O6S. The number of thioether (sulfide) groups is 1. The van der Waals surface area contributed by atoms with Crippen LogP contribution in [0.4, 0.5) is 0 Å². The first-order valence-electron chi connectivity index (χ1n) is 6.49. The van der Waals surface area contributed by atoms with Gasteiger partial charge in [-0.2, -0.15) is 0 Å². The number of hydrogen-bond donors (Lipinski definition) is 2. The Morgan fingerprint density at radius 3 is 2.38 bits per heavy atom. The standard InChI is InChI=1S/C12H16N2O6S/c15-9(4-14-6-21-5-10(14)16)13-2-1-7(11(17)18)8(3-13)12(19)20/h7-8H,1-6H2,(H,17,18)(H,19,20). The van der Waals surface area contributed by atoms with Crippen LogP contribution in [0.3, 0.4) is 0 Å². The molecule has 0 radical (unpaired) electrons. The second kappa shape index (κ2) is 6.33. The van der Waals surface area contributed by atoms with Crippen LogP contribution in [-0.4, -0.2) is 75.0 Å². The van der Waals surface area contributed by atoms with Crippen molar-refractivity contribution in [2.24, 2.45) is 11.8 Å². The van der Waals surface area contributed by atoms with E-state index in [4.69, 9.17) is 10.2 Å². The highest BCUT2D eigenvalue weighted by Gasteiger charge is 2.40. The van der Waals surface area contributed by atoms with Gasteiger partial charge in [0.25, 0.3) is 0 Å². The van der Waals surface area contributed by atoms with Gasteiger partial charge < -0.3 is 20.0 Å². The largest absolute Gasteiger partial charge is 0.481 e. The molecular weight excluding hydrogens is 300 g/mol. The molecule has 2 fully saturated rings. The van der Waals surface area contributed by atoms with E-state index in [9.17, 15) is 19.2 Å². The Morgan fingerprint density at radius 1 is 1.19 bits per heavy atom. The SMILES string of the molecule is O=C(O)C1CCN(C(=O)CN2CSCC2=O)CC1C(=O)O. The lowest BCUT2D eigenvalue weighted by molar-refractivity contribution is -0.159. The highest BCUT2D eigenvalue weighted by molar-refractivity contribution is 8.00. The van der Waals surface area contributed by atoms with Gasteiger partial charge >= 0.3 is 11.9 Å². The van der Waals surface area contributed by atoms with Gasteiger partial charge in [0.05, 0.1) is 23.5 Å². The van der Waals surface area contributed by atoms with Gasteiger partial charge in [-0.3, -0.25) is 19.2 Å². The van der Waals surface area contributed by atoms with Gasteiger partial charge in [-0.25, -0.2) is 0 Å². The summed E-state index contributed by atoms with van der Waals surface area (Å²) in [5.41, 5.74) is 0. The van der Waals surface area contributed by atoms with Gasteiger partial charge in [0.2, 0.25) is 11.8 Å². The molecule has 8 nitrogen and oxygen atoms in total. The maximum absolute atomic E-state index is 12.1. The number of carbonyl (C=O) groups is 4. The van der Waals surface area contributed by atoms with E-state index in [1.165, 1.54) is 21.6 Å². The fourth-order valence-electron chi connectivity index (χ4n) is 2.53. The van der Waals surface area contributed by atoms with Crippen molar-refractivity contribution in [3.05, 3.63) is 0 Å². The van der Waals surface area contributed by atoms with Crippen LogP contribution in [0.5, 0.6) is 0 Å². The second-order valence-electron chi connectivity index (χ2n) is 5.09. The van der Waals surface area contributed by atoms with Crippen molar-refractivity contribution in [1.29, 1.82) is 0 Å². The summed E-state index contributed by atoms with van der Waals surface area (Å²) in [6.07, 6.45) is 0.112. The third-order valence-electron chi connectivity index (χ3n) is 3.75. The number of rotatable bonds is 4. The molecule has 2 rings (SSSR count). The molecule has 2 amide bonds. The molecule has 116 valence electrons. The minimum atomic E-state index is -1.22. The van der Waals surface area contributed by atoms with Crippen LogP contribution in [0.15, 0.2) is 0 Å². The van der Waals surface area contributed by atoms with E-state index in [1.54, 1.807) is 0 Å². The Hall–Kier alpha value is -1.77. The number of amides is 2. The van der Waals surface area contributed by atoms with E-state index >= 15 is 0 Å².